The first-order valence-electron chi connectivity index (χ1n) is 14.0. The Bertz CT molecular complexity index is 1370. The van der Waals surface area contributed by atoms with Gasteiger partial charge in [0.1, 0.15) is 22.8 Å². The number of benzene rings is 1. The number of fused-ring (bicyclic) bond motifs is 3. The summed E-state index contributed by atoms with van der Waals surface area (Å²) in [5.74, 6) is -5.26. The van der Waals surface area contributed by atoms with Gasteiger partial charge in [0.25, 0.3) is 0 Å². The number of carbonyl (C=O) groups is 3. The molecule has 1 fully saturated rings. The Hall–Kier alpha value is -2.97. The molecular formula is C32H43NO7. The third kappa shape index (κ3) is 4.40. The summed E-state index contributed by atoms with van der Waals surface area (Å²) >= 11 is 0. The number of aliphatic hydroxyl groups is 3. The number of Topliss-reactive ketones (excluding diaryl/α,β-unsaturated/α-hetero) is 3. The predicted octanol–water partition coefficient (Wildman–Crippen LogP) is 4.34. The van der Waals surface area contributed by atoms with Crippen LogP contribution >= 0.6 is 0 Å². The molecule has 0 aliphatic heterocycles. The van der Waals surface area contributed by atoms with Gasteiger partial charge >= 0.3 is 0 Å². The monoisotopic (exact) mass is 553 g/mol. The Morgan fingerprint density at radius 3 is 2.17 bits per heavy atom. The van der Waals surface area contributed by atoms with Crippen LogP contribution in [0, 0.1) is 17.3 Å². The highest BCUT2D eigenvalue weighted by atomic mass is 16.3. The summed E-state index contributed by atoms with van der Waals surface area (Å²) in [5.41, 5.74) is -1.69. The zero-order valence-electron chi connectivity index (χ0n) is 25.1. The van der Waals surface area contributed by atoms with Crippen LogP contribution in [0.4, 0.5) is 0 Å². The summed E-state index contributed by atoms with van der Waals surface area (Å²) in [7, 11) is 3.28. The van der Waals surface area contributed by atoms with Gasteiger partial charge in [-0.05, 0) is 61.2 Å². The third-order valence-electron chi connectivity index (χ3n) is 8.73. The molecule has 1 saturated carbocycles. The smallest absolute Gasteiger partial charge is 0.202 e. The van der Waals surface area contributed by atoms with Crippen molar-refractivity contribution in [3.63, 3.8) is 0 Å². The first-order chi connectivity index (χ1) is 18.3. The SMILES string of the molecule is CCc1cc(C(C)(C)C)c(O)c2c1C[C@@H]1C[C@@H]3[C@@H](N(C)C)C(=O)C(C(=O)CC(C)(C)C)=C(O)[C@]3(O)C(=O)C1=C2O. The Kier molecular flexibility index (Phi) is 7.16. The summed E-state index contributed by atoms with van der Waals surface area (Å²) in [4.78, 5) is 42.8. The molecule has 0 bridgehead atoms. The Labute approximate surface area is 236 Å². The molecule has 1 aromatic rings. The number of rotatable bonds is 4. The summed E-state index contributed by atoms with van der Waals surface area (Å²) in [6, 6.07) is 0.915. The van der Waals surface area contributed by atoms with E-state index in [9.17, 15) is 34.8 Å². The lowest BCUT2D eigenvalue weighted by atomic mass is 9.57. The van der Waals surface area contributed by atoms with Crippen molar-refractivity contribution in [3.05, 3.63) is 45.2 Å². The molecule has 1 aromatic carbocycles. The molecule has 4 atom stereocenters. The van der Waals surface area contributed by atoms with Crippen LogP contribution in [0.2, 0.25) is 0 Å². The minimum Gasteiger partial charge on any atom is -0.508 e. The number of carbonyl (C=O) groups excluding carboxylic acids is 3. The molecule has 4 rings (SSSR count). The average Bonchev–Trinajstić information content (AvgIpc) is 2.79. The maximum Gasteiger partial charge on any atom is 0.202 e. The highest BCUT2D eigenvalue weighted by Gasteiger charge is 2.64. The van der Waals surface area contributed by atoms with Gasteiger partial charge in [0.2, 0.25) is 5.78 Å². The van der Waals surface area contributed by atoms with Gasteiger partial charge in [-0.2, -0.15) is 0 Å². The Balaban J connectivity index is 1.99. The molecule has 0 aromatic heterocycles. The fraction of sp³-hybridized carbons (Fsp3) is 0.594. The van der Waals surface area contributed by atoms with Gasteiger partial charge in [-0.1, -0.05) is 54.5 Å². The number of aromatic hydroxyl groups is 1. The number of aryl methyl sites for hydroxylation is 1. The van der Waals surface area contributed by atoms with E-state index in [0.717, 1.165) is 11.1 Å². The maximum atomic E-state index is 14.2. The summed E-state index contributed by atoms with van der Waals surface area (Å²) in [6.07, 6.45) is 1.01. The number of ketones is 3. The fourth-order valence-electron chi connectivity index (χ4n) is 6.88. The van der Waals surface area contributed by atoms with Crippen LogP contribution in [0.5, 0.6) is 5.75 Å². The molecule has 40 heavy (non-hydrogen) atoms. The summed E-state index contributed by atoms with van der Waals surface area (Å²) in [6.45, 7) is 13.3. The number of nitrogens with zero attached hydrogens (tertiary/aromatic N) is 1. The number of hydrogen-bond donors (Lipinski definition) is 4. The highest BCUT2D eigenvalue weighted by molar-refractivity contribution is 6.25. The van der Waals surface area contributed by atoms with E-state index in [1.165, 1.54) is 0 Å². The van der Waals surface area contributed by atoms with Gasteiger partial charge in [0.15, 0.2) is 17.2 Å². The molecule has 0 amide bonds. The maximum absolute atomic E-state index is 14.2. The zero-order valence-corrected chi connectivity index (χ0v) is 25.1. The first kappa shape index (κ1) is 30.0. The molecule has 218 valence electrons. The standard InChI is InChI=1S/C32H43NO7/c1-10-15-12-19(31(5,6)7)25(35)22-17(15)11-16-13-18-24(33(8)9)27(37)23(20(34)14-30(2,3)4)29(39)32(18,40)28(38)21(16)26(22)36/h12,16,18,24,35-36,39-40H,10-11,13-14H2,1-9H3/t16-,18-,24-,32-/m1/s1. The van der Waals surface area contributed by atoms with Crippen LogP contribution in [-0.4, -0.2) is 68.4 Å². The van der Waals surface area contributed by atoms with E-state index in [-0.39, 0.29) is 29.7 Å². The zero-order chi connectivity index (χ0) is 30.3. The Morgan fingerprint density at radius 1 is 1.07 bits per heavy atom. The highest BCUT2D eigenvalue weighted by Crippen LogP contribution is 2.54. The number of phenolic OH excluding ortho intramolecular Hbond substituents is 1. The van der Waals surface area contributed by atoms with Crippen LogP contribution in [0.3, 0.4) is 0 Å². The van der Waals surface area contributed by atoms with E-state index in [0.29, 0.717) is 18.4 Å². The van der Waals surface area contributed by atoms with Gasteiger partial charge in [-0.25, -0.2) is 0 Å². The van der Waals surface area contributed by atoms with Gasteiger partial charge in [-0.3, -0.25) is 19.3 Å². The quantitative estimate of drug-likeness (QED) is 0.405. The van der Waals surface area contributed by atoms with Crippen LogP contribution in [0.1, 0.15) is 83.6 Å². The largest absolute Gasteiger partial charge is 0.508 e. The van der Waals surface area contributed by atoms with Crippen molar-refractivity contribution in [1.29, 1.82) is 0 Å². The molecule has 8 heteroatoms. The summed E-state index contributed by atoms with van der Waals surface area (Å²) in [5, 5.41) is 46.4. The van der Waals surface area contributed by atoms with Gasteiger partial charge in [-0.15, -0.1) is 0 Å². The minimum absolute atomic E-state index is 0.0690. The number of phenols is 1. The minimum atomic E-state index is -2.58. The number of aliphatic hydroxyl groups excluding tert-OH is 2. The predicted molar refractivity (Wildman–Crippen MR) is 152 cm³/mol. The molecular weight excluding hydrogens is 510 g/mol. The normalized spacial score (nSPS) is 27.1. The molecule has 0 saturated heterocycles. The lowest BCUT2D eigenvalue weighted by Crippen LogP contribution is -2.65. The van der Waals surface area contributed by atoms with E-state index in [4.69, 9.17) is 0 Å². The van der Waals surface area contributed by atoms with Gasteiger partial charge < -0.3 is 20.4 Å². The number of hydrogen-bond acceptors (Lipinski definition) is 8. The van der Waals surface area contributed by atoms with Crippen molar-refractivity contribution >= 4 is 23.1 Å². The van der Waals surface area contributed by atoms with Gasteiger partial charge in [0, 0.05) is 23.5 Å². The molecule has 0 spiro atoms. The third-order valence-corrected chi connectivity index (χ3v) is 8.73. The van der Waals surface area contributed by atoms with Crippen molar-refractivity contribution < 1.29 is 34.8 Å². The van der Waals surface area contributed by atoms with E-state index in [1.54, 1.807) is 19.0 Å². The second-order valence-corrected chi connectivity index (χ2v) is 14.1. The molecule has 3 aliphatic rings. The second-order valence-electron chi connectivity index (χ2n) is 14.1. The second kappa shape index (κ2) is 9.55. The van der Waals surface area contributed by atoms with Crippen molar-refractivity contribution in [2.24, 2.45) is 17.3 Å². The van der Waals surface area contributed by atoms with Crippen molar-refractivity contribution in [2.75, 3.05) is 14.1 Å². The van der Waals surface area contributed by atoms with E-state index in [1.807, 2.05) is 54.5 Å². The molecule has 0 radical (unpaired) electrons. The average molecular weight is 554 g/mol. The number of likely N-dealkylation sites (N-methyl/N-ethyl adjacent to an activating group) is 1. The molecule has 3 aliphatic carbocycles. The lowest BCUT2D eigenvalue weighted by Gasteiger charge is -2.50. The Morgan fingerprint density at radius 2 is 1.68 bits per heavy atom. The van der Waals surface area contributed by atoms with Crippen LogP contribution in [-0.2, 0) is 32.6 Å². The molecule has 8 nitrogen and oxygen atoms in total. The molecule has 0 unspecified atom stereocenters. The summed E-state index contributed by atoms with van der Waals surface area (Å²) < 4.78 is 0. The lowest BCUT2D eigenvalue weighted by molar-refractivity contribution is -0.153. The van der Waals surface area contributed by atoms with Crippen molar-refractivity contribution in [1.82, 2.24) is 4.90 Å². The van der Waals surface area contributed by atoms with Crippen LogP contribution < -0.4 is 0 Å². The van der Waals surface area contributed by atoms with Crippen molar-refractivity contribution in [3.8, 4) is 5.75 Å². The van der Waals surface area contributed by atoms with E-state index in [2.05, 4.69) is 0 Å². The van der Waals surface area contributed by atoms with E-state index >= 15 is 0 Å². The van der Waals surface area contributed by atoms with Gasteiger partial charge in [0.05, 0.1) is 11.6 Å². The van der Waals surface area contributed by atoms with E-state index < -0.39 is 68.7 Å². The van der Waals surface area contributed by atoms with Crippen molar-refractivity contribution in [2.45, 2.75) is 91.2 Å². The van der Waals surface area contributed by atoms with Crippen LogP contribution in [0.25, 0.3) is 5.76 Å². The molecule has 0 heterocycles. The fourth-order valence-corrected chi connectivity index (χ4v) is 6.88. The van der Waals surface area contributed by atoms with Crippen LogP contribution in [0.15, 0.2) is 23.0 Å². The molecule has 4 N–H and O–H groups in total. The first-order valence-corrected chi connectivity index (χ1v) is 14.0. The topological polar surface area (TPSA) is 135 Å².